The molecule has 30 heavy (non-hydrogen) atoms. The molecule has 0 spiro atoms. The molecule has 1 aliphatic heterocycles. The van der Waals surface area contributed by atoms with Crippen LogP contribution < -0.4 is 0 Å². The lowest BCUT2D eigenvalue weighted by atomic mass is 10.2. The van der Waals surface area contributed by atoms with E-state index in [1.807, 2.05) is 0 Å². The molecule has 1 fully saturated rings. The first-order chi connectivity index (χ1) is 14.0. The van der Waals surface area contributed by atoms with E-state index in [1.54, 1.807) is 0 Å². The molecule has 3 heterocycles. The van der Waals surface area contributed by atoms with Gasteiger partial charge in [0.2, 0.25) is 15.9 Å². The standard InChI is InChI=1S/C16H19F3N6O3S2/c1-30(27,28)24-8-6-23(7-9-24)13(26)10-29-15-22-21-14(12-2-4-20-5-3-12)25(15)11-16(17,18)19/h2-5H,6-11H2,1H3. The number of hydrogen-bond donors (Lipinski definition) is 0. The van der Waals surface area contributed by atoms with E-state index in [4.69, 9.17) is 0 Å². The Morgan fingerprint density at radius 3 is 2.33 bits per heavy atom. The molecule has 9 nitrogen and oxygen atoms in total. The first kappa shape index (κ1) is 22.5. The van der Waals surface area contributed by atoms with Gasteiger partial charge in [0.05, 0.1) is 12.0 Å². The number of sulfonamides is 1. The summed E-state index contributed by atoms with van der Waals surface area (Å²) in [4.78, 5) is 17.8. The summed E-state index contributed by atoms with van der Waals surface area (Å²) in [7, 11) is -3.32. The monoisotopic (exact) mass is 464 g/mol. The summed E-state index contributed by atoms with van der Waals surface area (Å²) in [6.45, 7) is -0.466. The molecule has 164 valence electrons. The van der Waals surface area contributed by atoms with E-state index < -0.39 is 22.7 Å². The molecule has 0 bridgehead atoms. The molecule has 0 saturated carbocycles. The minimum atomic E-state index is -4.49. The van der Waals surface area contributed by atoms with E-state index in [0.29, 0.717) is 5.56 Å². The number of amides is 1. The van der Waals surface area contributed by atoms with Gasteiger partial charge in [0, 0.05) is 44.1 Å². The predicted molar refractivity (Wildman–Crippen MR) is 103 cm³/mol. The van der Waals surface area contributed by atoms with Gasteiger partial charge in [-0.05, 0) is 12.1 Å². The lowest BCUT2D eigenvalue weighted by Gasteiger charge is -2.33. The molecule has 0 radical (unpaired) electrons. The van der Waals surface area contributed by atoms with Crippen molar-refractivity contribution in [1.29, 1.82) is 0 Å². The number of piperazine rings is 1. The van der Waals surface area contributed by atoms with Gasteiger partial charge in [-0.1, -0.05) is 11.8 Å². The highest BCUT2D eigenvalue weighted by Gasteiger charge is 2.32. The number of hydrogen-bond acceptors (Lipinski definition) is 7. The Kier molecular flexibility index (Phi) is 6.67. The van der Waals surface area contributed by atoms with E-state index >= 15 is 0 Å². The highest BCUT2D eigenvalue weighted by Crippen LogP contribution is 2.28. The van der Waals surface area contributed by atoms with Gasteiger partial charge in [0.15, 0.2) is 11.0 Å². The molecule has 0 unspecified atom stereocenters. The Morgan fingerprint density at radius 1 is 1.13 bits per heavy atom. The number of aromatic nitrogens is 4. The van der Waals surface area contributed by atoms with Gasteiger partial charge in [0.25, 0.3) is 0 Å². The summed E-state index contributed by atoms with van der Waals surface area (Å²) in [6, 6.07) is 3.05. The fraction of sp³-hybridized carbons (Fsp3) is 0.500. The van der Waals surface area contributed by atoms with Crippen LogP contribution in [0.15, 0.2) is 29.7 Å². The highest BCUT2D eigenvalue weighted by atomic mass is 32.2. The molecule has 1 aliphatic rings. The smallest absolute Gasteiger partial charge is 0.339 e. The zero-order valence-corrected chi connectivity index (χ0v) is 17.5. The molecule has 1 amide bonds. The number of alkyl halides is 3. The molecule has 0 aliphatic carbocycles. The van der Waals surface area contributed by atoms with Gasteiger partial charge >= 0.3 is 6.18 Å². The van der Waals surface area contributed by atoms with Crippen molar-refractivity contribution in [3.63, 3.8) is 0 Å². The summed E-state index contributed by atoms with van der Waals surface area (Å²) >= 11 is 0.862. The number of rotatable bonds is 6. The topological polar surface area (TPSA) is 101 Å². The van der Waals surface area contributed by atoms with E-state index in [2.05, 4.69) is 15.2 Å². The Labute approximate surface area is 175 Å². The molecule has 3 rings (SSSR count). The molecule has 2 aromatic rings. The summed E-state index contributed by atoms with van der Waals surface area (Å²) in [5, 5.41) is 7.67. The van der Waals surface area contributed by atoms with Crippen molar-refractivity contribution in [1.82, 2.24) is 29.0 Å². The lowest BCUT2D eigenvalue weighted by Crippen LogP contribution is -2.50. The maximum atomic E-state index is 13.1. The molecular weight excluding hydrogens is 445 g/mol. The van der Waals surface area contributed by atoms with Gasteiger partial charge in [-0.3, -0.25) is 14.3 Å². The van der Waals surface area contributed by atoms with Crippen LogP contribution in [0.5, 0.6) is 0 Å². The molecule has 0 atom stereocenters. The maximum Gasteiger partial charge on any atom is 0.406 e. The van der Waals surface area contributed by atoms with Crippen molar-refractivity contribution in [2.75, 3.05) is 38.2 Å². The van der Waals surface area contributed by atoms with Crippen molar-refractivity contribution in [3.05, 3.63) is 24.5 Å². The average molecular weight is 464 g/mol. The SMILES string of the molecule is CS(=O)(=O)N1CCN(C(=O)CSc2nnc(-c3ccncc3)n2CC(F)(F)F)CC1. The lowest BCUT2D eigenvalue weighted by molar-refractivity contribution is -0.141. The van der Waals surface area contributed by atoms with Crippen LogP contribution >= 0.6 is 11.8 Å². The largest absolute Gasteiger partial charge is 0.406 e. The molecular formula is C16H19F3N6O3S2. The molecule has 0 N–H and O–H groups in total. The van der Waals surface area contributed by atoms with E-state index in [-0.39, 0.29) is 48.8 Å². The summed E-state index contributed by atoms with van der Waals surface area (Å²) in [5.41, 5.74) is 0.428. The summed E-state index contributed by atoms with van der Waals surface area (Å²) in [6.07, 6.45) is -0.511. The van der Waals surface area contributed by atoms with Gasteiger partial charge in [0.1, 0.15) is 6.54 Å². The second kappa shape index (κ2) is 8.89. The van der Waals surface area contributed by atoms with Crippen molar-refractivity contribution in [3.8, 4) is 11.4 Å². The van der Waals surface area contributed by atoms with Gasteiger partial charge < -0.3 is 4.90 Å². The Bertz CT molecular complexity index is 989. The average Bonchev–Trinajstić information content (AvgIpc) is 3.07. The van der Waals surface area contributed by atoms with E-state index in [1.165, 1.54) is 33.7 Å². The van der Waals surface area contributed by atoms with Crippen LogP contribution in [-0.2, 0) is 21.4 Å². The first-order valence-corrected chi connectivity index (χ1v) is 11.6. The van der Waals surface area contributed by atoms with Gasteiger partial charge in [-0.15, -0.1) is 10.2 Å². The Balaban J connectivity index is 1.69. The van der Waals surface area contributed by atoms with Crippen molar-refractivity contribution in [2.45, 2.75) is 17.9 Å². The number of carbonyl (C=O) groups is 1. The number of halogens is 3. The zero-order valence-electron chi connectivity index (χ0n) is 15.9. The normalized spacial score (nSPS) is 16.1. The molecule has 0 aromatic carbocycles. The van der Waals surface area contributed by atoms with Crippen LogP contribution in [0.3, 0.4) is 0 Å². The van der Waals surface area contributed by atoms with Crippen LogP contribution in [0.1, 0.15) is 0 Å². The van der Waals surface area contributed by atoms with E-state index in [9.17, 15) is 26.4 Å². The van der Waals surface area contributed by atoms with Crippen LogP contribution in [0, 0.1) is 0 Å². The minimum Gasteiger partial charge on any atom is -0.339 e. The third-order valence-corrected chi connectivity index (χ3v) is 6.63. The Hall–Kier alpha value is -2.19. The predicted octanol–water partition coefficient (Wildman–Crippen LogP) is 1.10. The van der Waals surface area contributed by atoms with Gasteiger partial charge in [-0.2, -0.15) is 17.5 Å². The first-order valence-electron chi connectivity index (χ1n) is 8.80. The fourth-order valence-corrected chi connectivity index (χ4v) is 4.59. The maximum absolute atomic E-state index is 13.1. The molecule has 14 heteroatoms. The zero-order chi connectivity index (χ0) is 21.9. The van der Waals surface area contributed by atoms with Crippen molar-refractivity contribution >= 4 is 27.7 Å². The second-order valence-corrected chi connectivity index (χ2v) is 9.50. The summed E-state index contributed by atoms with van der Waals surface area (Å²) < 4.78 is 64.6. The number of pyridine rings is 1. The third-order valence-electron chi connectivity index (χ3n) is 4.38. The minimum absolute atomic E-state index is 0.0257. The number of carbonyl (C=O) groups excluding carboxylic acids is 1. The van der Waals surface area contributed by atoms with Crippen LogP contribution in [0.4, 0.5) is 13.2 Å². The summed E-state index contributed by atoms with van der Waals surface area (Å²) in [5.74, 6) is -0.405. The number of thioether (sulfide) groups is 1. The Morgan fingerprint density at radius 2 is 1.77 bits per heavy atom. The highest BCUT2D eigenvalue weighted by molar-refractivity contribution is 7.99. The molecule has 2 aromatic heterocycles. The van der Waals surface area contributed by atoms with Crippen molar-refractivity contribution < 1.29 is 26.4 Å². The van der Waals surface area contributed by atoms with Crippen LogP contribution in [0.25, 0.3) is 11.4 Å². The van der Waals surface area contributed by atoms with Crippen LogP contribution in [-0.4, -0.2) is 87.6 Å². The van der Waals surface area contributed by atoms with Crippen LogP contribution in [0.2, 0.25) is 0 Å². The second-order valence-electron chi connectivity index (χ2n) is 6.57. The quantitative estimate of drug-likeness (QED) is 0.590. The van der Waals surface area contributed by atoms with Crippen molar-refractivity contribution in [2.24, 2.45) is 0 Å². The van der Waals surface area contributed by atoms with E-state index in [0.717, 1.165) is 22.6 Å². The van der Waals surface area contributed by atoms with Gasteiger partial charge in [-0.25, -0.2) is 8.42 Å². The molecule has 1 saturated heterocycles. The fourth-order valence-electron chi connectivity index (χ4n) is 2.92. The number of nitrogens with zero attached hydrogens (tertiary/aromatic N) is 6. The third kappa shape index (κ3) is 5.70.